The van der Waals surface area contributed by atoms with Gasteiger partial charge in [-0.3, -0.25) is 0 Å². The molecule has 1 nitrogen and oxygen atoms in total. The summed E-state index contributed by atoms with van der Waals surface area (Å²) >= 11 is 0. The number of benzene rings is 1. The van der Waals surface area contributed by atoms with E-state index in [0.717, 1.165) is 35.8 Å². The van der Waals surface area contributed by atoms with Gasteiger partial charge in [-0.1, -0.05) is 83.8 Å². The SMILES string of the molecule is CCCCC[C@H]1CC[C@H]([C@H]2CC[C@H](CCc3ccc(CCC)c(N)c3)CC2)CC1. The molecule has 1 heteroatoms. The number of nitrogen functional groups attached to an aromatic ring is 1. The van der Waals surface area contributed by atoms with Gasteiger partial charge in [-0.2, -0.15) is 0 Å². The molecule has 2 saturated carbocycles. The summed E-state index contributed by atoms with van der Waals surface area (Å²) in [7, 11) is 0. The average molecular weight is 398 g/mol. The van der Waals surface area contributed by atoms with Crippen molar-refractivity contribution in [1.29, 1.82) is 0 Å². The van der Waals surface area contributed by atoms with Crippen molar-refractivity contribution in [1.82, 2.24) is 0 Å². The smallest absolute Gasteiger partial charge is 0.0349 e. The van der Waals surface area contributed by atoms with Crippen molar-refractivity contribution in [2.24, 2.45) is 23.7 Å². The van der Waals surface area contributed by atoms with Gasteiger partial charge in [0.15, 0.2) is 0 Å². The molecule has 0 radical (unpaired) electrons. The molecule has 0 aromatic heterocycles. The van der Waals surface area contributed by atoms with E-state index < -0.39 is 0 Å². The molecule has 0 heterocycles. The molecule has 0 unspecified atom stereocenters. The van der Waals surface area contributed by atoms with Gasteiger partial charge in [-0.05, 0) is 85.8 Å². The minimum absolute atomic E-state index is 0.952. The summed E-state index contributed by atoms with van der Waals surface area (Å²) in [6, 6.07) is 6.84. The fourth-order valence-electron chi connectivity index (χ4n) is 6.25. The zero-order chi connectivity index (χ0) is 20.5. The van der Waals surface area contributed by atoms with E-state index in [0.29, 0.717) is 0 Å². The van der Waals surface area contributed by atoms with Gasteiger partial charge in [0.2, 0.25) is 0 Å². The van der Waals surface area contributed by atoms with Crippen LogP contribution in [0, 0.1) is 23.7 Å². The van der Waals surface area contributed by atoms with Crippen molar-refractivity contribution in [3.8, 4) is 0 Å². The molecular formula is C28H47N. The summed E-state index contributed by atoms with van der Waals surface area (Å²) in [6.07, 6.45) is 22.8. The van der Waals surface area contributed by atoms with Gasteiger partial charge >= 0.3 is 0 Å². The molecule has 29 heavy (non-hydrogen) atoms. The van der Waals surface area contributed by atoms with Gasteiger partial charge in [0, 0.05) is 5.69 Å². The van der Waals surface area contributed by atoms with Crippen molar-refractivity contribution in [2.75, 3.05) is 5.73 Å². The van der Waals surface area contributed by atoms with Gasteiger partial charge in [0.25, 0.3) is 0 Å². The number of anilines is 1. The van der Waals surface area contributed by atoms with Crippen molar-refractivity contribution in [3.63, 3.8) is 0 Å². The maximum absolute atomic E-state index is 6.26. The second-order valence-electron chi connectivity index (χ2n) is 10.4. The molecule has 2 fully saturated rings. The number of aryl methyl sites for hydroxylation is 2. The lowest BCUT2D eigenvalue weighted by Crippen LogP contribution is -2.26. The standard InChI is InChI=1S/C28H47N/c1-3-5-6-8-22-11-16-25(17-12-22)26-18-13-23(14-19-26)9-10-24-15-20-27(7-4-2)28(29)21-24/h15,20-23,25-26H,3-14,16-19,29H2,1-2H3/t22-,23-,25-,26-. The molecule has 3 rings (SSSR count). The third kappa shape index (κ3) is 7.04. The maximum Gasteiger partial charge on any atom is 0.0349 e. The Bertz CT molecular complexity index is 576. The van der Waals surface area contributed by atoms with Gasteiger partial charge < -0.3 is 5.73 Å². The predicted octanol–water partition coefficient (Wildman–Crippen LogP) is 8.35. The molecule has 2 N–H and O–H groups in total. The Morgan fingerprint density at radius 1 is 0.724 bits per heavy atom. The normalized spacial score (nSPS) is 27.8. The Labute approximate surface area is 181 Å². The quantitative estimate of drug-likeness (QED) is 0.311. The van der Waals surface area contributed by atoms with Gasteiger partial charge in [-0.15, -0.1) is 0 Å². The van der Waals surface area contributed by atoms with E-state index in [1.54, 1.807) is 0 Å². The fraction of sp³-hybridized carbons (Fsp3) is 0.786. The van der Waals surface area contributed by atoms with Crippen LogP contribution in [0.4, 0.5) is 5.69 Å². The Morgan fingerprint density at radius 2 is 1.34 bits per heavy atom. The van der Waals surface area contributed by atoms with E-state index in [2.05, 4.69) is 32.0 Å². The third-order valence-electron chi connectivity index (χ3n) is 8.24. The lowest BCUT2D eigenvalue weighted by molar-refractivity contribution is 0.140. The van der Waals surface area contributed by atoms with Crippen LogP contribution in [0.5, 0.6) is 0 Å². The Morgan fingerprint density at radius 3 is 1.90 bits per heavy atom. The van der Waals surface area contributed by atoms with Crippen LogP contribution in [0.2, 0.25) is 0 Å². The predicted molar refractivity (Wildman–Crippen MR) is 128 cm³/mol. The highest BCUT2D eigenvalue weighted by atomic mass is 14.6. The minimum Gasteiger partial charge on any atom is -0.398 e. The zero-order valence-corrected chi connectivity index (χ0v) is 19.4. The third-order valence-corrected chi connectivity index (χ3v) is 8.24. The summed E-state index contributed by atoms with van der Waals surface area (Å²) in [4.78, 5) is 0. The molecule has 0 saturated heterocycles. The summed E-state index contributed by atoms with van der Waals surface area (Å²) in [6.45, 7) is 4.55. The van der Waals surface area contributed by atoms with Gasteiger partial charge in [0.05, 0.1) is 0 Å². The van der Waals surface area contributed by atoms with Crippen molar-refractivity contribution < 1.29 is 0 Å². The van der Waals surface area contributed by atoms with E-state index in [1.165, 1.54) is 107 Å². The summed E-state index contributed by atoms with van der Waals surface area (Å²) in [5.41, 5.74) is 10.1. The molecule has 1 aromatic carbocycles. The second-order valence-corrected chi connectivity index (χ2v) is 10.4. The second kappa shape index (κ2) is 12.0. The molecule has 0 amide bonds. The number of hydrogen-bond acceptors (Lipinski definition) is 1. The molecule has 0 bridgehead atoms. The monoisotopic (exact) mass is 397 g/mol. The maximum atomic E-state index is 6.26. The van der Waals surface area contributed by atoms with E-state index >= 15 is 0 Å². The largest absolute Gasteiger partial charge is 0.398 e. The van der Waals surface area contributed by atoms with E-state index in [-0.39, 0.29) is 0 Å². The first-order valence-corrected chi connectivity index (χ1v) is 13.1. The Kier molecular flexibility index (Phi) is 9.40. The van der Waals surface area contributed by atoms with E-state index in [1.807, 2.05) is 0 Å². The highest BCUT2D eigenvalue weighted by Crippen LogP contribution is 2.43. The van der Waals surface area contributed by atoms with Gasteiger partial charge in [-0.25, -0.2) is 0 Å². The lowest BCUT2D eigenvalue weighted by atomic mass is 9.68. The van der Waals surface area contributed by atoms with Crippen LogP contribution in [0.1, 0.15) is 115 Å². The Hall–Kier alpha value is -0.980. The molecule has 2 aliphatic rings. The number of nitrogens with two attached hydrogens (primary N) is 1. The summed E-state index contributed by atoms with van der Waals surface area (Å²) < 4.78 is 0. The molecular weight excluding hydrogens is 350 g/mol. The van der Waals surface area contributed by atoms with Crippen LogP contribution in [0.15, 0.2) is 18.2 Å². The van der Waals surface area contributed by atoms with Crippen molar-refractivity contribution in [2.45, 2.75) is 117 Å². The van der Waals surface area contributed by atoms with Crippen LogP contribution in [0.3, 0.4) is 0 Å². The first kappa shape index (κ1) is 22.7. The van der Waals surface area contributed by atoms with Crippen LogP contribution in [-0.2, 0) is 12.8 Å². The highest BCUT2D eigenvalue weighted by Gasteiger charge is 2.30. The lowest BCUT2D eigenvalue weighted by Gasteiger charge is -2.38. The highest BCUT2D eigenvalue weighted by molar-refractivity contribution is 5.49. The molecule has 164 valence electrons. The van der Waals surface area contributed by atoms with Gasteiger partial charge in [0.1, 0.15) is 0 Å². The zero-order valence-electron chi connectivity index (χ0n) is 19.4. The summed E-state index contributed by atoms with van der Waals surface area (Å²) in [5, 5.41) is 0. The van der Waals surface area contributed by atoms with E-state index in [4.69, 9.17) is 5.73 Å². The average Bonchev–Trinajstić information content (AvgIpc) is 2.75. The first-order chi connectivity index (χ1) is 14.2. The van der Waals surface area contributed by atoms with E-state index in [9.17, 15) is 0 Å². The molecule has 0 aliphatic heterocycles. The number of unbranched alkanes of at least 4 members (excludes halogenated alkanes) is 2. The fourth-order valence-corrected chi connectivity index (χ4v) is 6.25. The molecule has 0 atom stereocenters. The molecule has 1 aromatic rings. The topological polar surface area (TPSA) is 26.0 Å². The number of rotatable bonds is 10. The van der Waals surface area contributed by atoms with Crippen molar-refractivity contribution in [3.05, 3.63) is 29.3 Å². The molecule has 0 spiro atoms. The van der Waals surface area contributed by atoms with Crippen LogP contribution in [-0.4, -0.2) is 0 Å². The molecule has 2 aliphatic carbocycles. The van der Waals surface area contributed by atoms with Crippen LogP contribution < -0.4 is 5.73 Å². The first-order valence-electron chi connectivity index (χ1n) is 13.1. The van der Waals surface area contributed by atoms with Crippen molar-refractivity contribution >= 4 is 5.69 Å². The van der Waals surface area contributed by atoms with Crippen LogP contribution >= 0.6 is 0 Å². The van der Waals surface area contributed by atoms with Crippen LogP contribution in [0.25, 0.3) is 0 Å². The summed E-state index contributed by atoms with van der Waals surface area (Å²) in [5.74, 6) is 4.12. The Balaban J connectivity index is 1.34. The number of hydrogen-bond donors (Lipinski definition) is 1. The minimum atomic E-state index is 0.952.